The van der Waals surface area contributed by atoms with Crippen molar-refractivity contribution in [2.24, 2.45) is 46.3 Å². The molecule has 0 heterocycles. The monoisotopic (exact) mass is 1300 g/mol. The summed E-state index contributed by atoms with van der Waals surface area (Å²) in [5, 5.41) is 16.1. The number of unbranched alkanes of at least 4 members (excludes halogenated alkanes) is 1. The van der Waals surface area contributed by atoms with Gasteiger partial charge in [-0.2, -0.15) is 0 Å². The highest BCUT2D eigenvalue weighted by molar-refractivity contribution is 5.98. The fourth-order valence-corrected chi connectivity index (χ4v) is 17.2. The minimum absolute atomic E-state index is 0.0474. The standard InChI is InChI=1S/C84H109N5O7/c1-8-61-31-38-68(39-32-61)87-80(92)76(30-18-19-54-86-84(64-26-14-10-15-27-64,65-28-16-11-17-29-65)66-35-42-69(94-7)43-36-66)89-81(93)77(56-62-33-40-70(41-34-62)96-58-63-24-12-9-13-25-63)88-79(91)48-47-78(90)85-53-21-55-95-71-49-51-82(5)67(57-71)37-44-72-74-46-45-73(60(4)23-20-22-59(2)3)83(74,6)52-50-75(72)82/h9-17,24-29,31-43,59-60,71-77,86H,8,18-23,30,44-58H2,1-7H3,(H,85,90)(H,87,92)(H,88,91)(H,89,93)/t60-,71+,72+,73-,74+,75+,76+,77+,82+,83-/m1/s1. The summed E-state index contributed by atoms with van der Waals surface area (Å²) >= 11 is 0. The molecule has 4 aliphatic carbocycles. The normalized spacial score (nSPS) is 22.2. The van der Waals surface area contributed by atoms with Crippen LogP contribution >= 0.6 is 0 Å². The van der Waals surface area contributed by atoms with Crippen LogP contribution in [0.1, 0.15) is 184 Å². The first-order chi connectivity index (χ1) is 46.6. The maximum absolute atomic E-state index is 14.9. The number of methoxy groups -OCH3 is 1. The molecule has 5 N–H and O–H groups in total. The summed E-state index contributed by atoms with van der Waals surface area (Å²) in [5.74, 6) is 4.76. The molecule has 0 saturated heterocycles. The number of hydrogen-bond donors (Lipinski definition) is 5. The van der Waals surface area contributed by atoms with Crippen LogP contribution in [0.15, 0.2) is 175 Å². The summed E-state index contributed by atoms with van der Waals surface area (Å²) in [6.45, 7) is 16.6. The van der Waals surface area contributed by atoms with Crippen LogP contribution < -0.4 is 36.1 Å². The molecule has 0 bridgehead atoms. The van der Waals surface area contributed by atoms with Crippen molar-refractivity contribution in [1.82, 2.24) is 21.3 Å². The van der Waals surface area contributed by atoms with Crippen molar-refractivity contribution in [3.63, 3.8) is 0 Å². The number of allylic oxidation sites excluding steroid dienone is 1. The summed E-state index contributed by atoms with van der Waals surface area (Å²) in [5.41, 5.74) is 8.40. The zero-order valence-corrected chi connectivity index (χ0v) is 58.5. The summed E-state index contributed by atoms with van der Waals surface area (Å²) in [7, 11) is 1.67. The highest BCUT2D eigenvalue weighted by atomic mass is 16.5. The van der Waals surface area contributed by atoms with E-state index < -0.39 is 29.4 Å². The van der Waals surface area contributed by atoms with Crippen molar-refractivity contribution in [1.29, 1.82) is 0 Å². The number of carbonyl (C=O) groups excluding carboxylic acids is 4. The van der Waals surface area contributed by atoms with Gasteiger partial charge >= 0.3 is 0 Å². The molecular formula is C84H109N5O7. The summed E-state index contributed by atoms with van der Waals surface area (Å²) < 4.78 is 18.2. The van der Waals surface area contributed by atoms with E-state index in [1.54, 1.807) is 12.7 Å². The Morgan fingerprint density at radius 3 is 1.93 bits per heavy atom. The first kappa shape index (κ1) is 71.2. The maximum atomic E-state index is 14.9. The third kappa shape index (κ3) is 18.0. The van der Waals surface area contributed by atoms with Gasteiger partial charge in [-0.05, 0) is 206 Å². The predicted molar refractivity (Wildman–Crippen MR) is 386 cm³/mol. The Hall–Kier alpha value is -7.54. The highest BCUT2D eigenvalue weighted by Crippen LogP contribution is 2.67. The number of amides is 4. The molecule has 10 rings (SSSR count). The minimum Gasteiger partial charge on any atom is -0.497 e. The number of nitrogens with one attached hydrogen (secondary N) is 5. The quantitative estimate of drug-likeness (QED) is 0.0152. The molecule has 0 radical (unpaired) electrons. The number of hydrogen-bond acceptors (Lipinski definition) is 8. The van der Waals surface area contributed by atoms with Gasteiger partial charge in [0.25, 0.3) is 0 Å². The fraction of sp³-hybridized carbons (Fsp3) is 0.500. The van der Waals surface area contributed by atoms with Gasteiger partial charge in [-0.1, -0.05) is 200 Å². The first-order valence-electron chi connectivity index (χ1n) is 36.4. The zero-order valence-electron chi connectivity index (χ0n) is 58.5. The number of rotatable bonds is 34. The Kier molecular flexibility index (Phi) is 25.3. The van der Waals surface area contributed by atoms with E-state index in [-0.39, 0.29) is 42.6 Å². The third-order valence-electron chi connectivity index (χ3n) is 22.6. The van der Waals surface area contributed by atoms with E-state index >= 15 is 0 Å². The third-order valence-corrected chi connectivity index (χ3v) is 22.6. The van der Waals surface area contributed by atoms with Gasteiger partial charge in [0.15, 0.2) is 0 Å². The number of aryl methyl sites for hydroxylation is 1. The zero-order chi connectivity index (χ0) is 67.5. The van der Waals surface area contributed by atoms with E-state index in [4.69, 9.17) is 14.2 Å². The summed E-state index contributed by atoms with van der Waals surface area (Å²) in [4.78, 5) is 56.7. The van der Waals surface area contributed by atoms with E-state index in [0.29, 0.717) is 68.8 Å². The Bertz CT molecular complexity index is 3410. The lowest BCUT2D eigenvalue weighted by atomic mass is 9.47. The Morgan fingerprint density at radius 2 is 1.25 bits per heavy atom. The van der Waals surface area contributed by atoms with Crippen LogP contribution in [0.25, 0.3) is 0 Å². The van der Waals surface area contributed by atoms with E-state index in [1.807, 2.05) is 103 Å². The Balaban J connectivity index is 0.747. The largest absolute Gasteiger partial charge is 0.497 e. The van der Waals surface area contributed by atoms with E-state index in [2.05, 4.69) is 135 Å². The molecule has 0 unspecified atom stereocenters. The molecule has 4 amide bonds. The van der Waals surface area contributed by atoms with E-state index in [9.17, 15) is 19.2 Å². The van der Waals surface area contributed by atoms with Gasteiger partial charge in [-0.3, -0.25) is 24.5 Å². The molecule has 6 aromatic rings. The SMILES string of the molecule is CCc1ccc(NC(=O)[C@H](CCCCNC(c2ccccc2)(c2ccccc2)c2ccc(OC)cc2)NC(=O)[C@H](Cc2ccc(OCc3ccccc3)cc2)NC(=O)CCC(=O)NCCCO[C@H]2CC[C@@]3(C)C(=CC[C@H]4[C@@H]5CC[C@H]([C@H](C)CCCC(C)C)[C@@]5(C)CC[C@@H]43)C2)cc1. The van der Waals surface area contributed by atoms with Crippen molar-refractivity contribution in [2.45, 2.75) is 194 Å². The van der Waals surface area contributed by atoms with Gasteiger partial charge < -0.3 is 35.5 Å². The van der Waals surface area contributed by atoms with E-state index in [0.717, 1.165) is 93.9 Å². The van der Waals surface area contributed by atoms with Gasteiger partial charge in [-0.15, -0.1) is 0 Å². The van der Waals surface area contributed by atoms with Crippen LogP contribution in [0.3, 0.4) is 0 Å². The molecule has 96 heavy (non-hydrogen) atoms. The second-order valence-corrected chi connectivity index (χ2v) is 29.2. The number of benzene rings is 6. The molecule has 12 nitrogen and oxygen atoms in total. The minimum atomic E-state index is -1.07. The molecule has 0 spiro atoms. The molecule has 3 fully saturated rings. The van der Waals surface area contributed by atoms with E-state index in [1.165, 1.54) is 57.8 Å². The smallest absolute Gasteiger partial charge is 0.246 e. The number of fused-ring (bicyclic) bond motifs is 5. The Labute approximate surface area is 573 Å². The van der Waals surface area contributed by atoms with Crippen LogP contribution in [0.5, 0.6) is 11.5 Å². The topological polar surface area (TPSA) is 156 Å². The van der Waals surface area contributed by atoms with Crippen molar-refractivity contribution in [2.75, 3.05) is 32.1 Å². The molecule has 4 aliphatic rings. The second kappa shape index (κ2) is 34.1. The summed E-state index contributed by atoms with van der Waals surface area (Å²) in [6.07, 6.45) is 20.0. The van der Waals surface area contributed by atoms with Gasteiger partial charge in [0.1, 0.15) is 30.2 Å². The Morgan fingerprint density at radius 1 is 0.594 bits per heavy atom. The van der Waals surface area contributed by atoms with Crippen molar-refractivity contribution >= 4 is 29.3 Å². The molecule has 3 saturated carbocycles. The van der Waals surface area contributed by atoms with Gasteiger partial charge in [0.05, 0.1) is 18.8 Å². The molecule has 6 aromatic carbocycles. The average molecular weight is 1300 g/mol. The maximum Gasteiger partial charge on any atom is 0.246 e. The first-order valence-corrected chi connectivity index (χ1v) is 36.4. The molecular weight excluding hydrogens is 1190 g/mol. The highest BCUT2D eigenvalue weighted by Gasteiger charge is 2.59. The van der Waals surface area contributed by atoms with Crippen LogP contribution in [0, 0.1) is 46.3 Å². The van der Waals surface area contributed by atoms with Crippen molar-refractivity contribution < 1.29 is 33.4 Å². The molecule has 12 heteroatoms. The number of carbonyl (C=O) groups is 4. The van der Waals surface area contributed by atoms with Crippen LogP contribution in [-0.2, 0) is 48.9 Å². The predicted octanol–water partition coefficient (Wildman–Crippen LogP) is 16.5. The second-order valence-electron chi connectivity index (χ2n) is 29.2. The molecule has 0 aliphatic heterocycles. The van der Waals surface area contributed by atoms with Crippen molar-refractivity contribution in [3.8, 4) is 11.5 Å². The van der Waals surface area contributed by atoms with Crippen LogP contribution in [0.2, 0.25) is 0 Å². The van der Waals surface area contributed by atoms with Gasteiger partial charge in [0, 0.05) is 38.1 Å². The lowest BCUT2D eigenvalue weighted by Crippen LogP contribution is -2.53. The number of ether oxygens (including phenoxy) is 3. The fourth-order valence-electron chi connectivity index (χ4n) is 17.2. The molecule has 10 atom stereocenters. The molecule has 512 valence electrons. The average Bonchev–Trinajstić information content (AvgIpc) is 1.37. The lowest BCUT2D eigenvalue weighted by molar-refractivity contribution is -0.131. The van der Waals surface area contributed by atoms with Crippen LogP contribution in [0.4, 0.5) is 5.69 Å². The van der Waals surface area contributed by atoms with Crippen LogP contribution in [-0.4, -0.2) is 68.6 Å². The van der Waals surface area contributed by atoms with Gasteiger partial charge in [-0.25, -0.2) is 0 Å². The lowest BCUT2D eigenvalue weighted by Gasteiger charge is -2.58. The number of anilines is 1. The van der Waals surface area contributed by atoms with Crippen molar-refractivity contribution in [3.05, 3.63) is 209 Å². The van der Waals surface area contributed by atoms with Gasteiger partial charge in [0.2, 0.25) is 23.6 Å². The molecule has 0 aromatic heterocycles. The summed E-state index contributed by atoms with van der Waals surface area (Å²) in [6, 6.07) is 52.0.